The molecule has 3 aromatic carbocycles. The molecule has 0 atom stereocenters. The number of methoxy groups -OCH3 is 1. The van der Waals surface area contributed by atoms with Gasteiger partial charge in [0.15, 0.2) is 0 Å². The molecule has 0 fully saturated rings. The molecule has 0 aliphatic rings. The van der Waals surface area contributed by atoms with Gasteiger partial charge in [0.1, 0.15) is 5.75 Å². The van der Waals surface area contributed by atoms with Crippen LogP contribution in [0.25, 0.3) is 26.6 Å². The number of para-hydroxylation sites is 1. The zero-order valence-corrected chi connectivity index (χ0v) is 19.8. The van der Waals surface area contributed by atoms with Crippen molar-refractivity contribution in [1.29, 1.82) is 0 Å². The summed E-state index contributed by atoms with van der Waals surface area (Å²) in [5.41, 5.74) is 4.77. The van der Waals surface area contributed by atoms with Crippen LogP contribution in [0.15, 0.2) is 88.6 Å². The van der Waals surface area contributed by atoms with Gasteiger partial charge in [0.25, 0.3) is 5.56 Å². The molecule has 170 valence electrons. The van der Waals surface area contributed by atoms with Gasteiger partial charge in [-0.3, -0.25) is 14.9 Å². The summed E-state index contributed by atoms with van der Waals surface area (Å²) in [6, 6.07) is 25.7. The Hall–Kier alpha value is -3.97. The number of thiazole rings is 1. The molecule has 0 aliphatic heterocycles. The molecule has 0 saturated carbocycles. The minimum absolute atomic E-state index is 0.161. The van der Waals surface area contributed by atoms with E-state index in [1.165, 1.54) is 21.6 Å². The fourth-order valence-electron chi connectivity index (χ4n) is 3.91. The SMILES string of the molecule is COc1ccc(-c2[nH]n(-c3nc4ccccc4s3)c(=O)c2C(C)=NCCc2ccccc2)cc1. The van der Waals surface area contributed by atoms with Crippen LogP contribution in [-0.2, 0) is 6.42 Å². The Kier molecular flexibility index (Phi) is 6.10. The highest BCUT2D eigenvalue weighted by Crippen LogP contribution is 2.27. The standard InChI is InChI=1S/C27H24N4O2S/c1-18(28-17-16-19-8-4-3-5-9-19)24-25(20-12-14-21(33-2)15-13-20)30-31(26(24)32)27-29-22-10-6-7-11-23(22)34-27/h3-15,30H,16-17H2,1-2H3. The average molecular weight is 469 g/mol. The van der Waals surface area contributed by atoms with Crippen molar-refractivity contribution in [2.24, 2.45) is 4.99 Å². The van der Waals surface area contributed by atoms with Crippen molar-refractivity contribution in [3.63, 3.8) is 0 Å². The zero-order valence-electron chi connectivity index (χ0n) is 19.0. The summed E-state index contributed by atoms with van der Waals surface area (Å²) in [4.78, 5) is 23.1. The first-order valence-corrected chi connectivity index (χ1v) is 11.9. The van der Waals surface area contributed by atoms with Gasteiger partial charge in [-0.1, -0.05) is 53.8 Å². The predicted octanol–water partition coefficient (Wildman–Crippen LogP) is 5.50. The molecule has 0 spiro atoms. The summed E-state index contributed by atoms with van der Waals surface area (Å²) in [5.74, 6) is 0.756. The summed E-state index contributed by atoms with van der Waals surface area (Å²) in [5, 5.41) is 3.90. The van der Waals surface area contributed by atoms with Gasteiger partial charge in [0.2, 0.25) is 5.13 Å². The Morgan fingerprint density at radius 3 is 2.50 bits per heavy atom. The third kappa shape index (κ3) is 4.30. The number of fused-ring (bicyclic) bond motifs is 1. The quantitative estimate of drug-likeness (QED) is 0.321. The molecule has 0 radical (unpaired) electrons. The van der Waals surface area contributed by atoms with E-state index in [1.807, 2.05) is 73.7 Å². The lowest BCUT2D eigenvalue weighted by atomic mass is 10.0. The molecular formula is C27H24N4O2S. The van der Waals surface area contributed by atoms with Gasteiger partial charge in [-0.25, -0.2) is 4.98 Å². The Morgan fingerprint density at radius 1 is 1.03 bits per heavy atom. The van der Waals surface area contributed by atoms with Gasteiger partial charge in [-0.05, 0) is 55.3 Å². The Bertz CT molecular complexity index is 1480. The molecule has 34 heavy (non-hydrogen) atoms. The maximum absolute atomic E-state index is 13.6. The smallest absolute Gasteiger partial charge is 0.283 e. The second-order valence-electron chi connectivity index (χ2n) is 7.90. The highest BCUT2D eigenvalue weighted by Gasteiger charge is 2.21. The van der Waals surface area contributed by atoms with E-state index in [-0.39, 0.29) is 5.56 Å². The van der Waals surface area contributed by atoms with Crippen molar-refractivity contribution in [3.8, 4) is 22.1 Å². The van der Waals surface area contributed by atoms with Gasteiger partial charge in [0, 0.05) is 17.8 Å². The first-order chi connectivity index (χ1) is 16.6. The van der Waals surface area contributed by atoms with Crippen LogP contribution >= 0.6 is 11.3 Å². The largest absolute Gasteiger partial charge is 0.497 e. The molecule has 1 N–H and O–H groups in total. The number of rotatable bonds is 7. The molecule has 5 aromatic rings. The number of H-pyrrole nitrogens is 1. The van der Waals surface area contributed by atoms with Crippen LogP contribution in [0.1, 0.15) is 18.1 Å². The van der Waals surface area contributed by atoms with Gasteiger partial charge in [-0.2, -0.15) is 4.68 Å². The van der Waals surface area contributed by atoms with E-state index in [4.69, 9.17) is 9.73 Å². The van der Waals surface area contributed by atoms with Crippen LogP contribution in [0.5, 0.6) is 5.75 Å². The monoisotopic (exact) mass is 468 g/mol. The van der Waals surface area contributed by atoms with E-state index < -0.39 is 0 Å². The Balaban J connectivity index is 1.57. The van der Waals surface area contributed by atoms with Crippen LogP contribution in [0.4, 0.5) is 0 Å². The summed E-state index contributed by atoms with van der Waals surface area (Å²) >= 11 is 1.48. The lowest BCUT2D eigenvalue weighted by Crippen LogP contribution is -2.19. The fourth-order valence-corrected chi connectivity index (χ4v) is 4.83. The third-order valence-electron chi connectivity index (χ3n) is 5.70. The highest BCUT2D eigenvalue weighted by atomic mass is 32.1. The molecule has 0 saturated heterocycles. The molecule has 7 heteroatoms. The van der Waals surface area contributed by atoms with Crippen LogP contribution in [-0.4, -0.2) is 34.1 Å². The first kappa shape index (κ1) is 21.9. The van der Waals surface area contributed by atoms with Crippen molar-refractivity contribution in [1.82, 2.24) is 14.8 Å². The van der Waals surface area contributed by atoms with E-state index in [2.05, 4.69) is 22.2 Å². The lowest BCUT2D eigenvalue weighted by Gasteiger charge is -2.05. The van der Waals surface area contributed by atoms with E-state index in [0.717, 1.165) is 28.0 Å². The molecule has 2 aromatic heterocycles. The molecule has 5 rings (SSSR count). The van der Waals surface area contributed by atoms with E-state index in [9.17, 15) is 4.79 Å². The summed E-state index contributed by atoms with van der Waals surface area (Å²) in [6.45, 7) is 2.49. The highest BCUT2D eigenvalue weighted by molar-refractivity contribution is 7.20. The fraction of sp³-hybridized carbons (Fsp3) is 0.148. The number of aromatic nitrogens is 3. The molecule has 0 bridgehead atoms. The van der Waals surface area contributed by atoms with Crippen molar-refractivity contribution in [2.75, 3.05) is 13.7 Å². The minimum Gasteiger partial charge on any atom is -0.497 e. The van der Waals surface area contributed by atoms with Gasteiger partial charge >= 0.3 is 0 Å². The third-order valence-corrected chi connectivity index (χ3v) is 6.72. The number of hydrogen-bond donors (Lipinski definition) is 1. The molecule has 0 unspecified atom stereocenters. The van der Waals surface area contributed by atoms with Crippen molar-refractivity contribution >= 4 is 27.3 Å². The second kappa shape index (κ2) is 9.49. The van der Waals surface area contributed by atoms with Gasteiger partial charge in [0.05, 0.1) is 28.6 Å². The van der Waals surface area contributed by atoms with Crippen LogP contribution in [0.2, 0.25) is 0 Å². The number of ether oxygens (including phenoxy) is 1. The molecular weight excluding hydrogens is 444 g/mol. The Labute approximate surface area is 201 Å². The molecule has 0 aliphatic carbocycles. The summed E-state index contributed by atoms with van der Waals surface area (Å²) in [6.07, 6.45) is 0.812. The van der Waals surface area contributed by atoms with E-state index in [0.29, 0.717) is 28.6 Å². The van der Waals surface area contributed by atoms with Crippen LogP contribution < -0.4 is 10.3 Å². The zero-order chi connectivity index (χ0) is 23.5. The summed E-state index contributed by atoms with van der Waals surface area (Å²) in [7, 11) is 1.63. The predicted molar refractivity (Wildman–Crippen MR) is 139 cm³/mol. The van der Waals surface area contributed by atoms with E-state index in [1.54, 1.807) is 7.11 Å². The topological polar surface area (TPSA) is 72.3 Å². The lowest BCUT2D eigenvalue weighted by molar-refractivity contribution is 0.415. The van der Waals surface area contributed by atoms with Gasteiger partial charge in [-0.15, -0.1) is 0 Å². The van der Waals surface area contributed by atoms with Crippen LogP contribution in [0, 0.1) is 0 Å². The second-order valence-corrected chi connectivity index (χ2v) is 8.91. The number of nitrogens with one attached hydrogen (secondary N) is 1. The summed E-state index contributed by atoms with van der Waals surface area (Å²) < 4.78 is 7.85. The first-order valence-electron chi connectivity index (χ1n) is 11.0. The van der Waals surface area contributed by atoms with Gasteiger partial charge < -0.3 is 4.74 Å². The average Bonchev–Trinajstić information content (AvgIpc) is 3.45. The minimum atomic E-state index is -0.161. The van der Waals surface area contributed by atoms with Crippen molar-refractivity contribution in [2.45, 2.75) is 13.3 Å². The van der Waals surface area contributed by atoms with Crippen molar-refractivity contribution in [3.05, 3.63) is 100 Å². The maximum atomic E-state index is 13.6. The number of hydrogen-bond acceptors (Lipinski definition) is 5. The molecule has 0 amide bonds. The molecule has 6 nitrogen and oxygen atoms in total. The number of benzene rings is 3. The van der Waals surface area contributed by atoms with E-state index >= 15 is 0 Å². The number of aliphatic imine (C=N–C) groups is 1. The number of nitrogens with zero attached hydrogens (tertiary/aromatic N) is 3. The Morgan fingerprint density at radius 2 is 1.76 bits per heavy atom. The van der Waals surface area contributed by atoms with Crippen molar-refractivity contribution < 1.29 is 4.74 Å². The normalized spacial score (nSPS) is 11.8. The number of aromatic amines is 1. The molecule has 2 heterocycles. The van der Waals surface area contributed by atoms with Crippen LogP contribution in [0.3, 0.4) is 0 Å². The maximum Gasteiger partial charge on any atom is 0.283 e.